The van der Waals surface area contributed by atoms with Gasteiger partial charge in [-0.3, -0.25) is 9.00 Å². The summed E-state index contributed by atoms with van der Waals surface area (Å²) in [5, 5.41) is 3.15. The quantitative estimate of drug-likeness (QED) is 0.786. The normalized spacial score (nSPS) is 46.1. The van der Waals surface area contributed by atoms with Gasteiger partial charge in [-0.1, -0.05) is 0 Å². The van der Waals surface area contributed by atoms with Crippen molar-refractivity contribution in [3.8, 4) is 0 Å². The predicted molar refractivity (Wildman–Crippen MR) is 63.4 cm³/mol. The van der Waals surface area contributed by atoms with Crippen molar-refractivity contribution >= 4 is 16.7 Å². The van der Waals surface area contributed by atoms with Crippen LogP contribution in [0.1, 0.15) is 32.1 Å². The van der Waals surface area contributed by atoms with Crippen molar-refractivity contribution in [1.82, 2.24) is 5.32 Å². The van der Waals surface area contributed by atoms with Crippen molar-refractivity contribution in [2.45, 2.75) is 38.1 Å². The van der Waals surface area contributed by atoms with Gasteiger partial charge in [-0.05, 0) is 43.9 Å². The van der Waals surface area contributed by atoms with E-state index in [2.05, 4.69) is 5.32 Å². The first-order chi connectivity index (χ1) is 7.72. The molecule has 3 nitrogen and oxygen atoms in total. The zero-order valence-electron chi connectivity index (χ0n) is 9.48. The Bertz CT molecular complexity index is 311. The lowest BCUT2D eigenvalue weighted by Gasteiger charge is -2.24. The Morgan fingerprint density at radius 1 is 1.06 bits per heavy atom. The molecule has 3 fully saturated rings. The molecule has 0 aromatic carbocycles. The lowest BCUT2D eigenvalue weighted by atomic mass is 10.0. The van der Waals surface area contributed by atoms with Crippen LogP contribution in [0.25, 0.3) is 0 Å². The van der Waals surface area contributed by atoms with Crippen LogP contribution >= 0.6 is 0 Å². The van der Waals surface area contributed by atoms with Crippen LogP contribution < -0.4 is 5.32 Å². The smallest absolute Gasteiger partial charge is 0.223 e. The summed E-state index contributed by atoms with van der Waals surface area (Å²) < 4.78 is 11.2. The molecule has 2 atom stereocenters. The summed E-state index contributed by atoms with van der Waals surface area (Å²) in [4.78, 5) is 12.0. The van der Waals surface area contributed by atoms with Gasteiger partial charge in [-0.15, -0.1) is 0 Å². The molecular formula is C12H19NO2S. The fourth-order valence-corrected chi connectivity index (χ4v) is 4.48. The molecule has 0 bridgehead atoms. The number of amides is 1. The van der Waals surface area contributed by atoms with Crippen LogP contribution in [0, 0.1) is 17.8 Å². The fraction of sp³-hybridized carbons (Fsp3) is 0.917. The number of nitrogens with one attached hydrogen (secondary N) is 1. The molecule has 1 heterocycles. The Kier molecular flexibility index (Phi) is 2.78. The van der Waals surface area contributed by atoms with E-state index in [4.69, 9.17) is 0 Å². The van der Waals surface area contributed by atoms with Crippen molar-refractivity contribution < 1.29 is 9.00 Å². The average Bonchev–Trinajstić information content (AvgIpc) is 2.89. The summed E-state index contributed by atoms with van der Waals surface area (Å²) in [7, 11) is -0.628. The number of carbonyl (C=O) groups is 1. The van der Waals surface area contributed by atoms with E-state index in [1.165, 1.54) is 6.42 Å². The monoisotopic (exact) mass is 241 g/mol. The molecule has 0 spiro atoms. The first kappa shape index (κ1) is 10.8. The van der Waals surface area contributed by atoms with E-state index in [9.17, 15) is 9.00 Å². The van der Waals surface area contributed by atoms with Gasteiger partial charge in [0.05, 0.1) is 0 Å². The zero-order chi connectivity index (χ0) is 11.1. The molecular weight excluding hydrogens is 222 g/mol. The van der Waals surface area contributed by atoms with Crippen LogP contribution in [-0.4, -0.2) is 27.7 Å². The van der Waals surface area contributed by atoms with Gasteiger partial charge >= 0.3 is 0 Å². The maximum absolute atomic E-state index is 12.0. The summed E-state index contributed by atoms with van der Waals surface area (Å²) in [6, 6.07) is 0.294. The Hall–Kier alpha value is -0.380. The Morgan fingerprint density at radius 3 is 2.31 bits per heavy atom. The van der Waals surface area contributed by atoms with Crippen LogP contribution in [0.15, 0.2) is 0 Å². The second kappa shape index (κ2) is 4.13. The molecule has 1 N–H and O–H groups in total. The van der Waals surface area contributed by atoms with E-state index in [0.717, 1.165) is 49.0 Å². The van der Waals surface area contributed by atoms with Gasteiger partial charge in [-0.25, -0.2) is 0 Å². The summed E-state index contributed by atoms with van der Waals surface area (Å²) in [6.45, 7) is 0. The van der Waals surface area contributed by atoms with Crippen molar-refractivity contribution in [3.63, 3.8) is 0 Å². The van der Waals surface area contributed by atoms with E-state index in [1.807, 2.05) is 0 Å². The standard InChI is InChI=1S/C12H19NO2S/c14-12(10-6-8-5-9(8)7-10)13-11-1-3-16(15)4-2-11/h8-11H,1-7H2,(H,13,14). The highest BCUT2D eigenvalue weighted by Gasteiger charge is 2.48. The second-order valence-electron chi connectivity index (χ2n) is 5.56. The first-order valence-corrected chi connectivity index (χ1v) is 7.86. The molecule has 2 saturated carbocycles. The maximum atomic E-state index is 12.0. The van der Waals surface area contributed by atoms with Crippen LogP contribution in [0.3, 0.4) is 0 Å². The lowest BCUT2D eigenvalue weighted by Crippen LogP contribution is -2.42. The Morgan fingerprint density at radius 2 is 1.69 bits per heavy atom. The Labute approximate surface area is 98.8 Å². The number of fused-ring (bicyclic) bond motifs is 1. The number of rotatable bonds is 2. The summed E-state index contributed by atoms with van der Waals surface area (Å²) >= 11 is 0. The minimum atomic E-state index is -0.628. The highest BCUT2D eigenvalue weighted by molar-refractivity contribution is 7.85. The molecule has 0 radical (unpaired) electrons. The van der Waals surface area contributed by atoms with Gasteiger partial charge in [-0.2, -0.15) is 0 Å². The van der Waals surface area contributed by atoms with Crippen molar-refractivity contribution in [2.24, 2.45) is 17.8 Å². The van der Waals surface area contributed by atoms with Gasteiger partial charge < -0.3 is 5.32 Å². The largest absolute Gasteiger partial charge is 0.353 e. The van der Waals surface area contributed by atoms with E-state index in [1.54, 1.807) is 0 Å². The third-order valence-corrected chi connectivity index (χ3v) is 5.73. The molecule has 4 heteroatoms. The lowest BCUT2D eigenvalue weighted by molar-refractivity contribution is -0.125. The Balaban J connectivity index is 1.47. The molecule has 3 rings (SSSR count). The fourth-order valence-electron chi connectivity index (χ4n) is 3.19. The summed E-state index contributed by atoms with van der Waals surface area (Å²) in [5.74, 6) is 3.83. The molecule has 1 saturated heterocycles. The van der Waals surface area contributed by atoms with Crippen LogP contribution in [0.2, 0.25) is 0 Å². The van der Waals surface area contributed by atoms with Gasteiger partial charge in [0.25, 0.3) is 0 Å². The van der Waals surface area contributed by atoms with Gasteiger partial charge in [0.15, 0.2) is 0 Å². The average molecular weight is 241 g/mol. The van der Waals surface area contributed by atoms with Gasteiger partial charge in [0.1, 0.15) is 0 Å². The molecule has 90 valence electrons. The molecule has 0 aromatic heterocycles. The topological polar surface area (TPSA) is 46.2 Å². The molecule has 1 amide bonds. The number of hydrogen-bond acceptors (Lipinski definition) is 2. The van der Waals surface area contributed by atoms with Crippen LogP contribution in [-0.2, 0) is 15.6 Å². The second-order valence-corrected chi connectivity index (χ2v) is 7.25. The van der Waals surface area contributed by atoms with E-state index in [-0.39, 0.29) is 11.8 Å². The number of hydrogen-bond donors (Lipinski definition) is 1. The van der Waals surface area contributed by atoms with E-state index >= 15 is 0 Å². The highest BCUT2D eigenvalue weighted by atomic mass is 32.2. The SMILES string of the molecule is O=C(NC1CCS(=O)CC1)C1CC2CC2C1. The first-order valence-electron chi connectivity index (χ1n) is 6.37. The minimum absolute atomic E-state index is 0.268. The van der Waals surface area contributed by atoms with Crippen molar-refractivity contribution in [2.75, 3.05) is 11.5 Å². The molecule has 2 unspecified atom stereocenters. The molecule has 1 aliphatic heterocycles. The molecule has 0 aromatic rings. The third kappa shape index (κ3) is 2.17. The summed E-state index contributed by atoms with van der Waals surface area (Å²) in [6.07, 6.45) is 5.41. The molecule has 16 heavy (non-hydrogen) atoms. The predicted octanol–water partition coefficient (Wildman–Crippen LogP) is 1.06. The van der Waals surface area contributed by atoms with E-state index < -0.39 is 10.8 Å². The van der Waals surface area contributed by atoms with E-state index in [0.29, 0.717) is 6.04 Å². The van der Waals surface area contributed by atoms with Gasteiger partial charge in [0, 0.05) is 34.3 Å². The van der Waals surface area contributed by atoms with Crippen molar-refractivity contribution in [1.29, 1.82) is 0 Å². The van der Waals surface area contributed by atoms with Crippen molar-refractivity contribution in [3.05, 3.63) is 0 Å². The molecule has 2 aliphatic carbocycles. The van der Waals surface area contributed by atoms with Crippen LogP contribution in [0.4, 0.5) is 0 Å². The summed E-state index contributed by atoms with van der Waals surface area (Å²) in [5.41, 5.74) is 0. The number of carbonyl (C=O) groups excluding carboxylic acids is 1. The highest BCUT2D eigenvalue weighted by Crippen LogP contribution is 2.54. The van der Waals surface area contributed by atoms with Gasteiger partial charge in [0.2, 0.25) is 5.91 Å². The van der Waals surface area contributed by atoms with Crippen LogP contribution in [0.5, 0.6) is 0 Å². The maximum Gasteiger partial charge on any atom is 0.223 e. The third-order valence-electron chi connectivity index (χ3n) is 4.35. The molecule has 3 aliphatic rings. The zero-order valence-corrected chi connectivity index (χ0v) is 10.3. The minimum Gasteiger partial charge on any atom is -0.353 e.